The smallest absolute Gasteiger partial charge is 0.260 e. The minimum absolute atomic E-state index is 0.00354. The lowest BCUT2D eigenvalue weighted by molar-refractivity contribution is -0.134. The van der Waals surface area contributed by atoms with Crippen LogP contribution in [-0.4, -0.2) is 46.7 Å². The number of likely N-dealkylation sites (tertiary alicyclic amines) is 1. The molecule has 5 rings (SSSR count). The van der Waals surface area contributed by atoms with Crippen LogP contribution in [0.3, 0.4) is 0 Å². The number of imidazole rings is 1. The Labute approximate surface area is 186 Å². The Morgan fingerprint density at radius 3 is 2.65 bits per heavy atom. The van der Waals surface area contributed by atoms with E-state index in [2.05, 4.69) is 22.8 Å². The Bertz CT molecular complexity index is 1070. The van der Waals surface area contributed by atoms with Gasteiger partial charge in [0.05, 0.1) is 16.1 Å². The van der Waals surface area contributed by atoms with Gasteiger partial charge in [0.15, 0.2) is 6.61 Å². The fourth-order valence-electron chi connectivity index (χ4n) is 4.62. The fourth-order valence-corrected chi connectivity index (χ4v) is 4.81. The van der Waals surface area contributed by atoms with Crippen molar-refractivity contribution in [2.75, 3.05) is 26.3 Å². The average molecular weight is 440 g/mol. The minimum Gasteiger partial charge on any atom is -0.482 e. The molecule has 162 valence electrons. The summed E-state index contributed by atoms with van der Waals surface area (Å²) in [7, 11) is 0. The lowest BCUT2D eigenvalue weighted by Gasteiger charge is -2.34. The van der Waals surface area contributed by atoms with Crippen LogP contribution in [0.2, 0.25) is 5.02 Å². The van der Waals surface area contributed by atoms with Crippen LogP contribution >= 0.6 is 11.6 Å². The molecule has 2 fully saturated rings. The van der Waals surface area contributed by atoms with E-state index in [9.17, 15) is 4.79 Å². The second-order valence-corrected chi connectivity index (χ2v) is 8.57. The molecule has 2 aliphatic rings. The van der Waals surface area contributed by atoms with Crippen molar-refractivity contribution < 1.29 is 14.3 Å². The van der Waals surface area contributed by atoms with Gasteiger partial charge in [0.25, 0.3) is 5.91 Å². The molecule has 31 heavy (non-hydrogen) atoms. The predicted molar refractivity (Wildman–Crippen MR) is 119 cm³/mol. The van der Waals surface area contributed by atoms with Gasteiger partial charge in [-0.15, -0.1) is 0 Å². The molecule has 0 radical (unpaired) electrons. The number of carbonyl (C=O) groups excluding carboxylic acids is 1. The zero-order valence-electron chi connectivity index (χ0n) is 17.4. The third-order valence-corrected chi connectivity index (χ3v) is 6.52. The Balaban J connectivity index is 1.27. The van der Waals surface area contributed by atoms with Gasteiger partial charge in [-0.1, -0.05) is 35.9 Å². The number of hydrogen-bond donors (Lipinski definition) is 0. The number of piperidine rings is 1. The summed E-state index contributed by atoms with van der Waals surface area (Å²) in [5, 5.41) is 0.516. The Hall–Kier alpha value is -2.57. The molecule has 2 saturated heterocycles. The summed E-state index contributed by atoms with van der Waals surface area (Å²) in [6, 6.07) is 15.8. The SMILES string of the molecule is O=C(COc1ccccc1Cl)N1CCC(n2c([C@H]3CCCO3)nc3ccccc32)CC1. The molecule has 0 bridgehead atoms. The van der Waals surface area contributed by atoms with Gasteiger partial charge in [0.1, 0.15) is 17.7 Å². The number of amides is 1. The number of hydrogen-bond acceptors (Lipinski definition) is 4. The summed E-state index contributed by atoms with van der Waals surface area (Å²) < 4.78 is 14.0. The van der Waals surface area contributed by atoms with E-state index in [-0.39, 0.29) is 18.6 Å². The van der Waals surface area contributed by atoms with Crippen molar-refractivity contribution in [3.8, 4) is 5.75 Å². The van der Waals surface area contributed by atoms with Crippen molar-refractivity contribution in [3.63, 3.8) is 0 Å². The molecule has 3 aromatic rings. The van der Waals surface area contributed by atoms with Gasteiger partial charge in [-0.3, -0.25) is 4.79 Å². The maximum Gasteiger partial charge on any atom is 0.260 e. The minimum atomic E-state index is -0.00629. The number of carbonyl (C=O) groups is 1. The Morgan fingerprint density at radius 2 is 1.87 bits per heavy atom. The monoisotopic (exact) mass is 439 g/mol. The van der Waals surface area contributed by atoms with Crippen LogP contribution in [0.15, 0.2) is 48.5 Å². The first-order chi connectivity index (χ1) is 15.2. The highest BCUT2D eigenvalue weighted by Gasteiger charge is 2.30. The van der Waals surface area contributed by atoms with Crippen molar-refractivity contribution >= 4 is 28.5 Å². The summed E-state index contributed by atoms with van der Waals surface area (Å²) in [4.78, 5) is 19.5. The summed E-state index contributed by atoms with van der Waals surface area (Å²) in [6.07, 6.45) is 3.93. The van der Waals surface area contributed by atoms with Crippen molar-refractivity contribution in [1.82, 2.24) is 14.5 Å². The third-order valence-electron chi connectivity index (χ3n) is 6.21. The summed E-state index contributed by atoms with van der Waals surface area (Å²) in [5.41, 5.74) is 2.17. The first-order valence-corrected chi connectivity index (χ1v) is 11.3. The maximum absolute atomic E-state index is 12.7. The van der Waals surface area contributed by atoms with Crippen LogP contribution in [0.25, 0.3) is 11.0 Å². The number of aromatic nitrogens is 2. The molecule has 1 aromatic heterocycles. The van der Waals surface area contributed by atoms with E-state index in [4.69, 9.17) is 26.1 Å². The van der Waals surface area contributed by atoms with Crippen LogP contribution in [0.4, 0.5) is 0 Å². The highest BCUT2D eigenvalue weighted by Crippen LogP contribution is 2.35. The van der Waals surface area contributed by atoms with Crippen molar-refractivity contribution in [2.24, 2.45) is 0 Å². The quantitative estimate of drug-likeness (QED) is 0.573. The molecule has 0 saturated carbocycles. The molecule has 0 N–H and O–H groups in total. The maximum atomic E-state index is 12.7. The molecule has 0 aliphatic carbocycles. The zero-order valence-corrected chi connectivity index (χ0v) is 18.1. The van der Waals surface area contributed by atoms with Gasteiger partial charge >= 0.3 is 0 Å². The van der Waals surface area contributed by atoms with Gasteiger partial charge in [0.2, 0.25) is 0 Å². The molecule has 0 spiro atoms. The average Bonchev–Trinajstić information content (AvgIpc) is 3.46. The molecule has 1 atom stereocenters. The van der Waals surface area contributed by atoms with Gasteiger partial charge in [-0.2, -0.15) is 0 Å². The van der Waals surface area contributed by atoms with Gasteiger partial charge in [-0.25, -0.2) is 4.98 Å². The predicted octanol–water partition coefficient (Wildman–Crippen LogP) is 4.78. The van der Waals surface area contributed by atoms with Crippen molar-refractivity contribution in [3.05, 3.63) is 59.4 Å². The number of fused-ring (bicyclic) bond motifs is 1. The first kappa shape index (κ1) is 20.3. The standard InChI is InChI=1S/C24H26ClN3O3/c25-18-6-1-4-9-21(18)31-16-23(29)27-13-11-17(12-14-27)28-20-8-3-2-7-19(20)26-24(28)22-10-5-15-30-22/h1-4,6-9,17,22H,5,10-16H2/t22-/m1/s1. The molecular formula is C24H26ClN3O3. The topological polar surface area (TPSA) is 56.6 Å². The molecule has 3 heterocycles. The lowest BCUT2D eigenvalue weighted by Crippen LogP contribution is -2.41. The van der Waals surface area contributed by atoms with Crippen molar-refractivity contribution in [2.45, 2.75) is 37.8 Å². The zero-order chi connectivity index (χ0) is 21.2. The van der Waals surface area contributed by atoms with E-state index >= 15 is 0 Å². The third kappa shape index (κ3) is 4.14. The number of para-hydroxylation sites is 3. The molecule has 6 nitrogen and oxygen atoms in total. The van der Waals surface area contributed by atoms with E-state index in [1.807, 2.05) is 23.1 Å². The van der Waals surface area contributed by atoms with Crippen LogP contribution in [0.1, 0.15) is 43.7 Å². The number of ether oxygens (including phenoxy) is 2. The largest absolute Gasteiger partial charge is 0.482 e. The van der Waals surface area contributed by atoms with Crippen LogP contribution in [-0.2, 0) is 9.53 Å². The molecule has 1 amide bonds. The molecule has 0 unspecified atom stereocenters. The van der Waals surface area contributed by atoms with Gasteiger partial charge < -0.3 is 18.9 Å². The Morgan fingerprint density at radius 1 is 1.10 bits per heavy atom. The second-order valence-electron chi connectivity index (χ2n) is 8.16. The van der Waals surface area contributed by atoms with Crippen LogP contribution < -0.4 is 4.74 Å². The van der Waals surface area contributed by atoms with Gasteiger partial charge in [0, 0.05) is 25.7 Å². The number of halogens is 1. The van der Waals surface area contributed by atoms with Crippen LogP contribution in [0.5, 0.6) is 5.75 Å². The number of benzene rings is 2. The van der Waals surface area contributed by atoms with Gasteiger partial charge in [-0.05, 0) is 49.9 Å². The highest BCUT2D eigenvalue weighted by atomic mass is 35.5. The van der Waals surface area contributed by atoms with Crippen molar-refractivity contribution in [1.29, 1.82) is 0 Å². The fraction of sp³-hybridized carbons (Fsp3) is 0.417. The molecule has 2 aliphatic heterocycles. The van der Waals surface area contributed by atoms with E-state index in [1.54, 1.807) is 12.1 Å². The van der Waals surface area contributed by atoms with E-state index in [0.717, 1.165) is 49.1 Å². The molecular weight excluding hydrogens is 414 g/mol. The van der Waals surface area contributed by atoms with E-state index in [1.165, 1.54) is 0 Å². The Kier molecular flexibility index (Phi) is 5.83. The number of rotatable bonds is 5. The second kappa shape index (κ2) is 8.89. The molecule has 7 heteroatoms. The van der Waals surface area contributed by atoms with E-state index < -0.39 is 0 Å². The van der Waals surface area contributed by atoms with Crippen LogP contribution in [0, 0.1) is 0 Å². The summed E-state index contributed by atoms with van der Waals surface area (Å²) >= 11 is 6.12. The lowest BCUT2D eigenvalue weighted by atomic mass is 10.0. The summed E-state index contributed by atoms with van der Waals surface area (Å²) in [6.45, 7) is 2.20. The highest BCUT2D eigenvalue weighted by molar-refractivity contribution is 6.32. The summed E-state index contributed by atoms with van der Waals surface area (Å²) in [5.74, 6) is 1.57. The first-order valence-electron chi connectivity index (χ1n) is 10.9. The van der Waals surface area contributed by atoms with E-state index in [0.29, 0.717) is 29.9 Å². The molecule has 2 aromatic carbocycles. The number of nitrogens with zero attached hydrogens (tertiary/aromatic N) is 3. The normalized spacial score (nSPS) is 19.8.